The van der Waals surface area contributed by atoms with Crippen LogP contribution in [0.15, 0.2) is 24.4 Å². The van der Waals surface area contributed by atoms with E-state index in [2.05, 4.69) is 30.1 Å². The minimum Gasteiger partial charge on any atom is -0.361 e. The highest BCUT2D eigenvalue weighted by Gasteiger charge is 2.20. The van der Waals surface area contributed by atoms with Gasteiger partial charge in [0.2, 0.25) is 0 Å². The van der Waals surface area contributed by atoms with Crippen LogP contribution in [-0.2, 0) is 5.41 Å². The number of aromatic nitrogens is 1. The Morgan fingerprint density at radius 2 is 2.07 bits per heavy atom. The molecule has 0 amide bonds. The lowest BCUT2D eigenvalue weighted by atomic mass is 9.85. The second-order valence-corrected chi connectivity index (χ2v) is 4.47. The molecule has 0 atom stereocenters. The largest absolute Gasteiger partial charge is 0.361 e. The zero-order chi connectivity index (χ0) is 11.1. The van der Waals surface area contributed by atoms with E-state index in [4.69, 9.17) is 5.26 Å². The number of nitriles is 1. The number of H-pyrrole nitrogens is 1. The third-order valence-corrected chi connectivity index (χ3v) is 2.86. The molecule has 0 bridgehead atoms. The van der Waals surface area contributed by atoms with E-state index >= 15 is 0 Å². The third kappa shape index (κ3) is 1.50. The van der Waals surface area contributed by atoms with Crippen LogP contribution in [0, 0.1) is 18.3 Å². The molecule has 0 saturated carbocycles. The van der Waals surface area contributed by atoms with E-state index in [1.54, 1.807) is 0 Å². The van der Waals surface area contributed by atoms with Crippen molar-refractivity contribution in [3.8, 4) is 6.07 Å². The van der Waals surface area contributed by atoms with E-state index in [-0.39, 0.29) is 0 Å². The van der Waals surface area contributed by atoms with Crippen molar-refractivity contribution in [1.29, 1.82) is 5.26 Å². The smallest absolute Gasteiger partial charge is 0.0766 e. The van der Waals surface area contributed by atoms with Gasteiger partial charge >= 0.3 is 0 Å². The maximum Gasteiger partial charge on any atom is 0.0766 e. The van der Waals surface area contributed by atoms with E-state index in [0.29, 0.717) is 0 Å². The second kappa shape index (κ2) is 3.13. The highest BCUT2D eigenvalue weighted by atomic mass is 14.7. The van der Waals surface area contributed by atoms with Gasteiger partial charge in [0.1, 0.15) is 0 Å². The molecule has 2 heteroatoms. The molecule has 2 aromatic rings. The average Bonchev–Trinajstić information content (AvgIpc) is 2.66. The summed E-state index contributed by atoms with van der Waals surface area (Å²) in [5, 5.41) is 10.3. The van der Waals surface area contributed by atoms with Crippen molar-refractivity contribution in [2.75, 3.05) is 0 Å². The van der Waals surface area contributed by atoms with Crippen molar-refractivity contribution in [3.05, 3.63) is 35.5 Å². The molecule has 0 saturated heterocycles. The standard InChI is InChI=1S/C13H14N2/c1-9-6-11(13(2,3)8-14)7-10-4-5-15-12(9)10/h4-7,15H,1-3H3. The first-order chi connectivity index (χ1) is 7.04. The van der Waals surface area contributed by atoms with Crippen molar-refractivity contribution in [3.63, 3.8) is 0 Å². The molecule has 2 rings (SSSR count). The molecule has 0 spiro atoms. The number of benzene rings is 1. The normalized spacial score (nSPS) is 11.6. The number of hydrogen-bond donors (Lipinski definition) is 1. The molecule has 1 N–H and O–H groups in total. The van der Waals surface area contributed by atoms with Crippen LogP contribution in [0.2, 0.25) is 0 Å². The first-order valence-electron chi connectivity index (χ1n) is 5.04. The number of hydrogen-bond acceptors (Lipinski definition) is 1. The van der Waals surface area contributed by atoms with Crippen molar-refractivity contribution in [2.45, 2.75) is 26.2 Å². The van der Waals surface area contributed by atoms with E-state index in [1.165, 1.54) is 10.9 Å². The Labute approximate surface area is 89.5 Å². The summed E-state index contributed by atoms with van der Waals surface area (Å²) in [7, 11) is 0. The van der Waals surface area contributed by atoms with Gasteiger partial charge in [-0.3, -0.25) is 0 Å². The zero-order valence-electron chi connectivity index (χ0n) is 9.26. The monoisotopic (exact) mass is 198 g/mol. The lowest BCUT2D eigenvalue weighted by Gasteiger charge is -2.16. The van der Waals surface area contributed by atoms with E-state index < -0.39 is 5.41 Å². The number of nitrogens with one attached hydrogen (secondary N) is 1. The Morgan fingerprint density at radius 3 is 2.73 bits per heavy atom. The van der Waals surface area contributed by atoms with E-state index in [1.807, 2.05) is 26.1 Å². The SMILES string of the molecule is Cc1cc(C(C)(C)C#N)cc2cc[nH]c12. The first kappa shape index (κ1) is 9.79. The number of rotatable bonds is 1. The maximum atomic E-state index is 9.10. The third-order valence-electron chi connectivity index (χ3n) is 2.86. The van der Waals surface area contributed by atoms with Gasteiger partial charge in [-0.05, 0) is 49.4 Å². The quantitative estimate of drug-likeness (QED) is 0.750. The second-order valence-electron chi connectivity index (χ2n) is 4.47. The zero-order valence-corrected chi connectivity index (χ0v) is 9.26. The van der Waals surface area contributed by atoms with Crippen LogP contribution in [0.25, 0.3) is 10.9 Å². The summed E-state index contributed by atoms with van der Waals surface area (Å²) in [6.45, 7) is 5.95. The topological polar surface area (TPSA) is 39.6 Å². The van der Waals surface area contributed by atoms with E-state index in [0.717, 1.165) is 11.1 Å². The molecule has 0 unspecified atom stereocenters. The van der Waals surface area contributed by atoms with Gasteiger partial charge in [0.15, 0.2) is 0 Å². The minimum atomic E-state index is -0.420. The van der Waals surface area contributed by atoms with Crippen LogP contribution >= 0.6 is 0 Å². The lowest BCUT2D eigenvalue weighted by molar-refractivity contribution is 0.687. The molecule has 1 heterocycles. The van der Waals surface area contributed by atoms with Crippen LogP contribution in [0.5, 0.6) is 0 Å². The summed E-state index contributed by atoms with van der Waals surface area (Å²) in [6, 6.07) is 8.54. The summed E-state index contributed by atoms with van der Waals surface area (Å²) < 4.78 is 0. The predicted octanol–water partition coefficient (Wildman–Crippen LogP) is 3.28. The summed E-state index contributed by atoms with van der Waals surface area (Å²) in [6.07, 6.45) is 1.93. The van der Waals surface area contributed by atoms with Crippen molar-refractivity contribution >= 4 is 10.9 Å². The fraction of sp³-hybridized carbons (Fsp3) is 0.308. The number of aromatic amines is 1. The molecule has 0 fully saturated rings. The molecule has 2 nitrogen and oxygen atoms in total. The Bertz CT molecular complexity index is 541. The van der Waals surface area contributed by atoms with Gasteiger partial charge in [-0.1, -0.05) is 6.07 Å². The maximum absolute atomic E-state index is 9.10. The Morgan fingerprint density at radius 1 is 1.33 bits per heavy atom. The molecule has 0 aliphatic carbocycles. The summed E-state index contributed by atoms with van der Waals surface area (Å²) >= 11 is 0. The van der Waals surface area contributed by atoms with Crippen LogP contribution in [0.4, 0.5) is 0 Å². The van der Waals surface area contributed by atoms with Crippen LogP contribution in [0.3, 0.4) is 0 Å². The molecule has 15 heavy (non-hydrogen) atoms. The lowest BCUT2D eigenvalue weighted by Crippen LogP contribution is -2.13. The van der Waals surface area contributed by atoms with Gasteiger partial charge in [-0.25, -0.2) is 0 Å². The fourth-order valence-electron chi connectivity index (χ4n) is 1.78. The molecule has 76 valence electrons. The van der Waals surface area contributed by atoms with Gasteiger partial charge in [-0.2, -0.15) is 5.26 Å². The highest BCUT2D eigenvalue weighted by Crippen LogP contribution is 2.27. The molecular formula is C13H14N2. The number of nitrogens with zero attached hydrogens (tertiary/aromatic N) is 1. The molecule has 0 radical (unpaired) electrons. The van der Waals surface area contributed by atoms with Crippen molar-refractivity contribution < 1.29 is 0 Å². The average molecular weight is 198 g/mol. The van der Waals surface area contributed by atoms with E-state index in [9.17, 15) is 0 Å². The first-order valence-corrected chi connectivity index (χ1v) is 5.04. The van der Waals surface area contributed by atoms with Crippen LogP contribution in [-0.4, -0.2) is 4.98 Å². The van der Waals surface area contributed by atoms with Gasteiger partial charge in [-0.15, -0.1) is 0 Å². The van der Waals surface area contributed by atoms with Gasteiger partial charge in [0, 0.05) is 11.7 Å². The highest BCUT2D eigenvalue weighted by molar-refractivity contribution is 5.83. The van der Waals surface area contributed by atoms with Gasteiger partial charge in [0.05, 0.1) is 11.5 Å². The Balaban J connectivity index is 2.70. The van der Waals surface area contributed by atoms with Crippen LogP contribution in [0.1, 0.15) is 25.0 Å². The molecule has 0 aliphatic rings. The fourth-order valence-corrected chi connectivity index (χ4v) is 1.78. The molecule has 1 aromatic carbocycles. The molecule has 1 aromatic heterocycles. The van der Waals surface area contributed by atoms with Gasteiger partial charge in [0.25, 0.3) is 0 Å². The summed E-state index contributed by atoms with van der Waals surface area (Å²) in [4.78, 5) is 3.20. The Kier molecular flexibility index (Phi) is 2.04. The predicted molar refractivity (Wildman–Crippen MR) is 61.7 cm³/mol. The summed E-state index contributed by atoms with van der Waals surface area (Å²) in [5.41, 5.74) is 3.01. The van der Waals surface area contributed by atoms with Crippen LogP contribution < -0.4 is 0 Å². The number of fused-ring (bicyclic) bond motifs is 1. The van der Waals surface area contributed by atoms with Gasteiger partial charge < -0.3 is 4.98 Å². The minimum absolute atomic E-state index is 0.420. The summed E-state index contributed by atoms with van der Waals surface area (Å²) in [5.74, 6) is 0. The van der Waals surface area contributed by atoms with Crippen molar-refractivity contribution in [2.24, 2.45) is 0 Å². The number of aryl methyl sites for hydroxylation is 1. The molecule has 0 aliphatic heterocycles. The molecular weight excluding hydrogens is 184 g/mol. The van der Waals surface area contributed by atoms with Crippen molar-refractivity contribution in [1.82, 2.24) is 4.98 Å². The Hall–Kier alpha value is -1.75.